The van der Waals surface area contributed by atoms with Crippen LogP contribution in [0.3, 0.4) is 0 Å². The van der Waals surface area contributed by atoms with Gasteiger partial charge in [0, 0.05) is 17.8 Å². The van der Waals surface area contributed by atoms with E-state index in [0.717, 1.165) is 0 Å². The third kappa shape index (κ3) is 2.34. The fourth-order valence-corrected chi connectivity index (χ4v) is 1.61. The minimum atomic E-state index is 0.550. The molecule has 0 fully saturated rings. The van der Waals surface area contributed by atoms with Crippen LogP contribution < -0.4 is 0 Å². The molecule has 0 aliphatic heterocycles. The second kappa shape index (κ2) is 4.59. The Labute approximate surface area is 87.6 Å². The smallest absolute Gasteiger partial charge is 0.0468 e. The zero-order valence-electron chi connectivity index (χ0n) is 9.91. The summed E-state index contributed by atoms with van der Waals surface area (Å²) in [4.78, 5) is 4.52. The molecule has 78 valence electrons. The lowest BCUT2D eigenvalue weighted by Crippen LogP contribution is -2.08. The van der Waals surface area contributed by atoms with Gasteiger partial charge in [-0.05, 0) is 23.5 Å². The Morgan fingerprint density at radius 2 is 1.71 bits per heavy atom. The summed E-state index contributed by atoms with van der Waals surface area (Å²) in [6, 6.07) is 4.23. The molecule has 0 radical (unpaired) electrons. The van der Waals surface area contributed by atoms with Crippen LogP contribution in [0.15, 0.2) is 18.3 Å². The fraction of sp³-hybridized carbons (Fsp3) is 0.615. The third-order valence-electron chi connectivity index (χ3n) is 2.92. The zero-order chi connectivity index (χ0) is 10.7. The van der Waals surface area contributed by atoms with E-state index in [9.17, 15) is 0 Å². The quantitative estimate of drug-likeness (QED) is 0.704. The molecule has 14 heavy (non-hydrogen) atoms. The largest absolute Gasteiger partial charge is 0.261 e. The van der Waals surface area contributed by atoms with Crippen molar-refractivity contribution in [2.24, 2.45) is 5.92 Å². The van der Waals surface area contributed by atoms with Crippen LogP contribution in [-0.4, -0.2) is 4.98 Å². The molecular weight excluding hydrogens is 170 g/mol. The molecule has 0 N–H and O–H groups in total. The first-order chi connectivity index (χ1) is 6.54. The Balaban J connectivity index is 3.06. The van der Waals surface area contributed by atoms with E-state index in [1.807, 2.05) is 12.3 Å². The normalized spacial score (nSPS) is 13.6. The molecule has 1 rings (SSSR count). The van der Waals surface area contributed by atoms with Gasteiger partial charge in [-0.1, -0.05) is 40.7 Å². The maximum atomic E-state index is 4.52. The van der Waals surface area contributed by atoms with E-state index in [0.29, 0.717) is 17.8 Å². The summed E-state index contributed by atoms with van der Waals surface area (Å²) in [5.41, 5.74) is 2.67. The Morgan fingerprint density at radius 1 is 1.07 bits per heavy atom. The Kier molecular flexibility index (Phi) is 3.68. The molecule has 1 heteroatoms. The molecule has 0 amide bonds. The molecule has 0 aliphatic carbocycles. The first-order valence-corrected chi connectivity index (χ1v) is 5.48. The van der Waals surface area contributed by atoms with Crippen molar-refractivity contribution in [1.29, 1.82) is 0 Å². The first kappa shape index (κ1) is 11.2. The van der Waals surface area contributed by atoms with Crippen LogP contribution in [0, 0.1) is 5.92 Å². The van der Waals surface area contributed by atoms with E-state index < -0.39 is 0 Å². The molecule has 1 atom stereocenters. The molecule has 1 nitrogen and oxygen atoms in total. The third-order valence-corrected chi connectivity index (χ3v) is 2.92. The highest BCUT2D eigenvalue weighted by atomic mass is 14.7. The van der Waals surface area contributed by atoms with Crippen molar-refractivity contribution in [1.82, 2.24) is 4.98 Å². The molecule has 1 aromatic rings. The number of aromatic nitrogens is 1. The van der Waals surface area contributed by atoms with Gasteiger partial charge in [-0.25, -0.2) is 0 Å². The van der Waals surface area contributed by atoms with Crippen molar-refractivity contribution in [2.45, 2.75) is 46.5 Å². The van der Waals surface area contributed by atoms with E-state index in [1.54, 1.807) is 0 Å². The second-order valence-electron chi connectivity index (χ2n) is 4.67. The number of nitrogens with zero attached hydrogens (tertiary/aromatic N) is 1. The predicted molar refractivity (Wildman–Crippen MR) is 61.6 cm³/mol. The minimum Gasteiger partial charge on any atom is -0.261 e. The van der Waals surface area contributed by atoms with E-state index in [2.05, 4.69) is 45.7 Å². The Bertz CT molecular complexity index is 289. The Hall–Kier alpha value is -0.850. The van der Waals surface area contributed by atoms with Gasteiger partial charge in [0.1, 0.15) is 0 Å². The Morgan fingerprint density at radius 3 is 2.21 bits per heavy atom. The van der Waals surface area contributed by atoms with Gasteiger partial charge in [0.05, 0.1) is 0 Å². The SMILES string of the molecule is CC(C)c1cccnc1C(C)C(C)C. The molecular formula is C13H21N. The zero-order valence-corrected chi connectivity index (χ0v) is 9.91. The van der Waals surface area contributed by atoms with Crippen molar-refractivity contribution in [3.8, 4) is 0 Å². The van der Waals surface area contributed by atoms with E-state index in [-0.39, 0.29) is 0 Å². The van der Waals surface area contributed by atoms with Crippen molar-refractivity contribution >= 4 is 0 Å². The van der Waals surface area contributed by atoms with E-state index in [1.165, 1.54) is 11.3 Å². The van der Waals surface area contributed by atoms with Crippen LogP contribution in [0.5, 0.6) is 0 Å². The van der Waals surface area contributed by atoms with Gasteiger partial charge in [0.2, 0.25) is 0 Å². The number of hydrogen-bond donors (Lipinski definition) is 0. The van der Waals surface area contributed by atoms with E-state index in [4.69, 9.17) is 0 Å². The maximum absolute atomic E-state index is 4.52. The highest BCUT2D eigenvalue weighted by Crippen LogP contribution is 2.28. The van der Waals surface area contributed by atoms with E-state index >= 15 is 0 Å². The molecule has 0 spiro atoms. The minimum absolute atomic E-state index is 0.550. The van der Waals surface area contributed by atoms with Crippen molar-refractivity contribution in [3.63, 3.8) is 0 Å². The summed E-state index contributed by atoms with van der Waals surface area (Å²) in [7, 11) is 0. The van der Waals surface area contributed by atoms with Gasteiger partial charge >= 0.3 is 0 Å². The summed E-state index contributed by atoms with van der Waals surface area (Å²) in [6.07, 6.45) is 1.90. The molecule has 0 aliphatic rings. The van der Waals surface area contributed by atoms with Gasteiger partial charge in [0.25, 0.3) is 0 Å². The van der Waals surface area contributed by atoms with Crippen molar-refractivity contribution in [3.05, 3.63) is 29.6 Å². The number of hydrogen-bond acceptors (Lipinski definition) is 1. The standard InChI is InChI=1S/C13H21N/c1-9(2)11(5)13-12(10(3)4)7-6-8-14-13/h6-11H,1-5H3. The van der Waals surface area contributed by atoms with Crippen LogP contribution in [-0.2, 0) is 0 Å². The molecule has 0 saturated carbocycles. The van der Waals surface area contributed by atoms with Crippen LogP contribution in [0.25, 0.3) is 0 Å². The van der Waals surface area contributed by atoms with Gasteiger partial charge in [-0.15, -0.1) is 0 Å². The highest BCUT2D eigenvalue weighted by molar-refractivity contribution is 5.26. The second-order valence-corrected chi connectivity index (χ2v) is 4.67. The maximum Gasteiger partial charge on any atom is 0.0468 e. The number of pyridine rings is 1. The summed E-state index contributed by atoms with van der Waals surface area (Å²) in [5, 5.41) is 0. The molecule has 0 saturated heterocycles. The predicted octanol–water partition coefficient (Wildman–Crippen LogP) is 3.96. The van der Waals surface area contributed by atoms with Crippen molar-refractivity contribution < 1.29 is 0 Å². The fourth-order valence-electron chi connectivity index (χ4n) is 1.61. The molecule has 1 aromatic heterocycles. The highest BCUT2D eigenvalue weighted by Gasteiger charge is 2.16. The summed E-state index contributed by atoms with van der Waals surface area (Å²) in [6.45, 7) is 11.2. The summed E-state index contributed by atoms with van der Waals surface area (Å²) >= 11 is 0. The van der Waals surface area contributed by atoms with Crippen LogP contribution in [0.4, 0.5) is 0 Å². The van der Waals surface area contributed by atoms with Crippen LogP contribution >= 0.6 is 0 Å². The van der Waals surface area contributed by atoms with Crippen LogP contribution in [0.2, 0.25) is 0 Å². The number of rotatable bonds is 3. The van der Waals surface area contributed by atoms with Crippen molar-refractivity contribution in [2.75, 3.05) is 0 Å². The van der Waals surface area contributed by atoms with Gasteiger partial charge in [-0.2, -0.15) is 0 Å². The summed E-state index contributed by atoms with van der Waals surface area (Å²) in [5.74, 6) is 1.77. The average molecular weight is 191 g/mol. The summed E-state index contributed by atoms with van der Waals surface area (Å²) < 4.78 is 0. The van der Waals surface area contributed by atoms with Gasteiger partial charge in [-0.3, -0.25) is 4.98 Å². The van der Waals surface area contributed by atoms with Gasteiger partial charge in [0.15, 0.2) is 0 Å². The van der Waals surface area contributed by atoms with Gasteiger partial charge < -0.3 is 0 Å². The lowest BCUT2D eigenvalue weighted by molar-refractivity contribution is 0.516. The van der Waals surface area contributed by atoms with Crippen LogP contribution in [0.1, 0.15) is 57.7 Å². The molecule has 0 aromatic carbocycles. The first-order valence-electron chi connectivity index (χ1n) is 5.48. The molecule has 1 heterocycles. The topological polar surface area (TPSA) is 12.9 Å². The lowest BCUT2D eigenvalue weighted by atomic mass is 9.88. The molecule has 1 unspecified atom stereocenters. The monoisotopic (exact) mass is 191 g/mol. The molecule has 0 bridgehead atoms. The average Bonchev–Trinajstić information content (AvgIpc) is 2.16. The lowest BCUT2D eigenvalue weighted by Gasteiger charge is -2.20.